The van der Waals surface area contributed by atoms with E-state index in [4.69, 9.17) is 10.2 Å². The molecule has 0 unspecified atom stereocenters. The van der Waals surface area contributed by atoms with Crippen molar-refractivity contribution < 1.29 is 14.9 Å². The molecule has 0 bridgehead atoms. The van der Waals surface area contributed by atoms with Gasteiger partial charge < -0.3 is 14.9 Å². The third-order valence-electron chi connectivity index (χ3n) is 0.733. The predicted octanol–water partition coefficient (Wildman–Crippen LogP) is 0.195. The third-order valence-corrected chi connectivity index (χ3v) is 0.733. The normalized spacial score (nSPS) is 10.9. The van der Waals surface area contributed by atoms with Gasteiger partial charge in [0.15, 0.2) is 0 Å². The summed E-state index contributed by atoms with van der Waals surface area (Å²) in [5.74, 6) is -2.03. The highest BCUT2D eigenvalue weighted by atomic mass is 16.8. The van der Waals surface area contributed by atoms with E-state index in [-0.39, 0.29) is 6.42 Å². The van der Waals surface area contributed by atoms with Gasteiger partial charge in [0.25, 0.3) is 0 Å². The van der Waals surface area contributed by atoms with Crippen molar-refractivity contribution in [1.29, 1.82) is 0 Å². The molecule has 0 saturated heterocycles. The van der Waals surface area contributed by atoms with Gasteiger partial charge in [-0.1, -0.05) is 13.5 Å². The zero-order valence-corrected chi connectivity index (χ0v) is 4.79. The average molecular weight is 118 g/mol. The zero-order chi connectivity index (χ0) is 6.62. The maximum absolute atomic E-state index is 8.59. The quantitative estimate of drug-likeness (QED) is 0.411. The average Bonchev–Trinajstić information content (AvgIpc) is 1.67. The molecule has 3 nitrogen and oxygen atoms in total. The van der Waals surface area contributed by atoms with Crippen LogP contribution in [-0.4, -0.2) is 16.2 Å². The van der Waals surface area contributed by atoms with E-state index in [1.807, 2.05) is 0 Å². The lowest BCUT2D eigenvalue weighted by Crippen LogP contribution is -2.28. The van der Waals surface area contributed by atoms with Crippen molar-refractivity contribution in [1.82, 2.24) is 0 Å². The molecule has 0 aromatic heterocycles. The fourth-order valence-corrected chi connectivity index (χ4v) is 0.217. The molecule has 0 spiro atoms. The van der Waals surface area contributed by atoms with Gasteiger partial charge in [0, 0.05) is 6.42 Å². The molecular weight excluding hydrogens is 108 g/mol. The minimum Gasteiger partial charge on any atom is -0.448 e. The Labute approximate surface area is 48.2 Å². The summed E-state index contributed by atoms with van der Waals surface area (Å²) in [7, 11) is 0. The maximum atomic E-state index is 8.59. The van der Waals surface area contributed by atoms with Crippen LogP contribution in [0.25, 0.3) is 0 Å². The van der Waals surface area contributed by atoms with E-state index in [2.05, 4.69) is 11.3 Å². The van der Waals surface area contributed by atoms with Crippen LogP contribution in [-0.2, 0) is 4.74 Å². The number of ether oxygens (including phenoxy) is 1. The summed E-state index contributed by atoms with van der Waals surface area (Å²) in [6.45, 7) is 4.74. The second-order valence-electron chi connectivity index (χ2n) is 1.38. The zero-order valence-electron chi connectivity index (χ0n) is 4.79. The highest BCUT2D eigenvalue weighted by Gasteiger charge is 2.18. The van der Waals surface area contributed by atoms with E-state index in [1.165, 1.54) is 0 Å². The van der Waals surface area contributed by atoms with Crippen molar-refractivity contribution in [2.45, 2.75) is 19.3 Å². The molecule has 0 atom stereocenters. The van der Waals surface area contributed by atoms with Crippen LogP contribution in [0.4, 0.5) is 0 Å². The molecule has 2 N–H and O–H groups in total. The van der Waals surface area contributed by atoms with Gasteiger partial charge in [-0.3, -0.25) is 0 Å². The second-order valence-corrected chi connectivity index (χ2v) is 1.38. The first-order valence-electron chi connectivity index (χ1n) is 2.36. The molecule has 0 aromatic carbocycles. The van der Waals surface area contributed by atoms with Gasteiger partial charge in [-0.05, 0) is 0 Å². The molecule has 0 heterocycles. The van der Waals surface area contributed by atoms with Crippen molar-refractivity contribution in [3.63, 3.8) is 0 Å². The summed E-state index contributed by atoms with van der Waals surface area (Å²) in [6, 6.07) is 0. The van der Waals surface area contributed by atoms with Gasteiger partial charge in [-0.25, -0.2) is 0 Å². The highest BCUT2D eigenvalue weighted by Crippen LogP contribution is 2.05. The van der Waals surface area contributed by atoms with Crippen LogP contribution < -0.4 is 0 Å². The topological polar surface area (TPSA) is 49.7 Å². The van der Waals surface area contributed by atoms with Crippen LogP contribution in [0.3, 0.4) is 0 Å². The molecule has 0 rings (SSSR count). The first-order valence-corrected chi connectivity index (χ1v) is 2.36. The van der Waals surface area contributed by atoms with Crippen molar-refractivity contribution in [3.8, 4) is 0 Å². The Kier molecular flexibility index (Phi) is 2.51. The fourth-order valence-electron chi connectivity index (χ4n) is 0.217. The van der Waals surface area contributed by atoms with E-state index in [1.54, 1.807) is 6.92 Å². The van der Waals surface area contributed by atoms with Crippen LogP contribution in [0.15, 0.2) is 12.8 Å². The summed E-state index contributed by atoms with van der Waals surface area (Å²) in [6.07, 6.45) is 1.11. The number of hydrogen-bond acceptors (Lipinski definition) is 3. The lowest BCUT2D eigenvalue weighted by Gasteiger charge is -2.17. The first kappa shape index (κ1) is 7.46. The molecule has 0 aliphatic carbocycles. The van der Waals surface area contributed by atoms with E-state index >= 15 is 0 Å². The molecular formula is C5H10O3. The predicted molar refractivity (Wildman–Crippen MR) is 28.7 cm³/mol. The minimum absolute atomic E-state index is 0.124. The smallest absolute Gasteiger partial charge is 0.320 e. The molecule has 0 aromatic rings. The lowest BCUT2D eigenvalue weighted by molar-refractivity contribution is -0.314. The van der Waals surface area contributed by atoms with Gasteiger partial charge >= 0.3 is 5.97 Å². The number of hydrogen-bond donors (Lipinski definition) is 2. The Bertz CT molecular complexity index is 77.7. The highest BCUT2D eigenvalue weighted by molar-refractivity contribution is 4.54. The summed E-state index contributed by atoms with van der Waals surface area (Å²) in [5, 5.41) is 17.2. The van der Waals surface area contributed by atoms with Gasteiger partial charge in [0.1, 0.15) is 0 Å². The second kappa shape index (κ2) is 2.69. The van der Waals surface area contributed by atoms with Crippen LogP contribution >= 0.6 is 0 Å². The van der Waals surface area contributed by atoms with Crippen molar-refractivity contribution >= 4 is 0 Å². The summed E-state index contributed by atoms with van der Waals surface area (Å²) < 4.78 is 4.25. The molecule has 48 valence electrons. The number of aliphatic hydroxyl groups is 2. The summed E-state index contributed by atoms with van der Waals surface area (Å²) in [4.78, 5) is 0. The van der Waals surface area contributed by atoms with E-state index in [0.29, 0.717) is 0 Å². The molecule has 0 amide bonds. The Morgan fingerprint density at radius 3 is 2.38 bits per heavy atom. The summed E-state index contributed by atoms with van der Waals surface area (Å²) >= 11 is 0. The number of rotatable bonds is 3. The van der Waals surface area contributed by atoms with Crippen LogP contribution in [0.2, 0.25) is 0 Å². The van der Waals surface area contributed by atoms with Crippen LogP contribution in [0.5, 0.6) is 0 Å². The van der Waals surface area contributed by atoms with Crippen molar-refractivity contribution in [2.75, 3.05) is 0 Å². The van der Waals surface area contributed by atoms with Crippen molar-refractivity contribution in [3.05, 3.63) is 12.8 Å². The fraction of sp³-hybridized carbons (Fsp3) is 0.600. The van der Waals surface area contributed by atoms with Gasteiger partial charge in [0.05, 0.1) is 6.26 Å². The maximum Gasteiger partial charge on any atom is 0.320 e. The standard InChI is InChI=1S/C5H10O3/c1-3-5(6,7)8-4-2/h4,6-7H,2-3H2,1H3. The monoisotopic (exact) mass is 118 g/mol. The van der Waals surface area contributed by atoms with Gasteiger partial charge in [0.2, 0.25) is 0 Å². The Morgan fingerprint density at radius 2 is 2.25 bits per heavy atom. The minimum atomic E-state index is -2.03. The molecule has 0 aliphatic rings. The third kappa shape index (κ3) is 2.60. The Hall–Kier alpha value is -0.540. The molecule has 0 aliphatic heterocycles. The lowest BCUT2D eigenvalue weighted by atomic mass is 10.4. The molecule has 0 fully saturated rings. The largest absolute Gasteiger partial charge is 0.448 e. The van der Waals surface area contributed by atoms with Gasteiger partial charge in [-0.2, -0.15) is 0 Å². The molecule has 3 heteroatoms. The molecule has 8 heavy (non-hydrogen) atoms. The van der Waals surface area contributed by atoms with Gasteiger partial charge in [-0.15, -0.1) is 0 Å². The Morgan fingerprint density at radius 1 is 1.75 bits per heavy atom. The summed E-state index contributed by atoms with van der Waals surface area (Å²) in [5.41, 5.74) is 0. The van der Waals surface area contributed by atoms with Crippen molar-refractivity contribution in [2.24, 2.45) is 0 Å². The molecule has 0 saturated carbocycles. The van der Waals surface area contributed by atoms with E-state index in [9.17, 15) is 0 Å². The first-order chi connectivity index (χ1) is 3.62. The SMILES string of the molecule is C=COC(O)(O)CC. The van der Waals surface area contributed by atoms with Crippen LogP contribution in [0.1, 0.15) is 13.3 Å². The van der Waals surface area contributed by atoms with E-state index in [0.717, 1.165) is 6.26 Å². The van der Waals surface area contributed by atoms with E-state index < -0.39 is 5.97 Å². The van der Waals surface area contributed by atoms with Crippen LogP contribution in [0, 0.1) is 0 Å². The molecule has 0 radical (unpaired) electrons. The Balaban J connectivity index is 3.53.